The molecule has 0 spiro atoms. The van der Waals surface area contributed by atoms with E-state index in [0.29, 0.717) is 6.54 Å². The van der Waals surface area contributed by atoms with Gasteiger partial charge in [-0.3, -0.25) is 4.99 Å². The Hall–Kier alpha value is -2.08. The molecule has 2 rings (SSSR count). The van der Waals surface area contributed by atoms with E-state index in [1.165, 1.54) is 10.4 Å². The second kappa shape index (κ2) is 9.27. The summed E-state index contributed by atoms with van der Waals surface area (Å²) in [4.78, 5) is 9.85. The van der Waals surface area contributed by atoms with Crippen molar-refractivity contribution in [2.45, 2.75) is 33.3 Å². The van der Waals surface area contributed by atoms with Crippen LogP contribution in [0.4, 0.5) is 0 Å². The van der Waals surface area contributed by atoms with Gasteiger partial charge in [0.15, 0.2) is 5.96 Å². The van der Waals surface area contributed by atoms with Crippen molar-refractivity contribution in [3.63, 3.8) is 0 Å². The van der Waals surface area contributed by atoms with Crippen LogP contribution in [0.15, 0.2) is 35.5 Å². The Bertz CT molecular complexity index is 651. The maximum atomic E-state index is 5.89. The Morgan fingerprint density at radius 3 is 2.62 bits per heavy atom. The first-order chi connectivity index (χ1) is 11.6. The molecule has 2 N–H and O–H groups in total. The first-order valence-electron chi connectivity index (χ1n) is 8.16. The van der Waals surface area contributed by atoms with Gasteiger partial charge in [-0.15, -0.1) is 11.3 Å². The predicted molar refractivity (Wildman–Crippen MR) is 101 cm³/mol. The molecule has 0 aliphatic rings. The highest BCUT2D eigenvalue weighted by Crippen LogP contribution is 2.13. The third kappa shape index (κ3) is 6.20. The van der Waals surface area contributed by atoms with Gasteiger partial charge in [-0.1, -0.05) is 17.7 Å². The molecule has 1 aromatic heterocycles. The van der Waals surface area contributed by atoms with E-state index in [4.69, 9.17) is 4.74 Å². The van der Waals surface area contributed by atoms with Gasteiger partial charge in [0.05, 0.1) is 11.6 Å². The molecule has 0 fully saturated rings. The first-order valence-corrected chi connectivity index (χ1v) is 8.97. The fraction of sp³-hybridized carbons (Fsp3) is 0.444. The zero-order valence-electron chi connectivity index (χ0n) is 14.8. The minimum atomic E-state index is 0.0490. The van der Waals surface area contributed by atoms with E-state index in [1.54, 1.807) is 18.4 Å². The van der Waals surface area contributed by atoms with Crippen molar-refractivity contribution in [1.82, 2.24) is 15.6 Å². The Kier molecular flexibility index (Phi) is 7.06. The highest BCUT2D eigenvalue weighted by atomic mass is 32.1. The van der Waals surface area contributed by atoms with Crippen molar-refractivity contribution in [1.29, 1.82) is 0 Å². The second-order valence-corrected chi connectivity index (χ2v) is 7.06. The molecule has 24 heavy (non-hydrogen) atoms. The van der Waals surface area contributed by atoms with Crippen molar-refractivity contribution in [3.8, 4) is 5.75 Å². The fourth-order valence-electron chi connectivity index (χ4n) is 2.16. The quantitative estimate of drug-likeness (QED) is 0.598. The highest BCUT2D eigenvalue weighted by Gasteiger charge is 2.06. The molecule has 2 aromatic rings. The van der Waals surface area contributed by atoms with Crippen LogP contribution in [0, 0.1) is 13.8 Å². The van der Waals surface area contributed by atoms with E-state index >= 15 is 0 Å². The highest BCUT2D eigenvalue weighted by molar-refractivity contribution is 7.11. The minimum absolute atomic E-state index is 0.0490. The first kappa shape index (κ1) is 18.3. The number of rotatable bonds is 7. The summed E-state index contributed by atoms with van der Waals surface area (Å²) in [6.07, 6.45) is 2.86. The Morgan fingerprint density at radius 1 is 1.25 bits per heavy atom. The minimum Gasteiger partial charge on any atom is -0.489 e. The Balaban J connectivity index is 1.69. The summed E-state index contributed by atoms with van der Waals surface area (Å²) in [7, 11) is 1.77. The molecule has 130 valence electrons. The van der Waals surface area contributed by atoms with Crippen LogP contribution < -0.4 is 15.4 Å². The van der Waals surface area contributed by atoms with Crippen LogP contribution in [-0.4, -0.2) is 37.2 Å². The number of aromatic nitrogens is 1. The molecule has 6 heteroatoms. The van der Waals surface area contributed by atoms with E-state index in [9.17, 15) is 0 Å². The van der Waals surface area contributed by atoms with Crippen molar-refractivity contribution < 1.29 is 4.74 Å². The van der Waals surface area contributed by atoms with Gasteiger partial charge in [0.25, 0.3) is 0 Å². The lowest BCUT2D eigenvalue weighted by Gasteiger charge is -2.17. The zero-order valence-corrected chi connectivity index (χ0v) is 15.6. The summed E-state index contributed by atoms with van der Waals surface area (Å²) >= 11 is 1.74. The van der Waals surface area contributed by atoms with Crippen LogP contribution in [0.2, 0.25) is 0 Å². The van der Waals surface area contributed by atoms with E-state index < -0.39 is 0 Å². The molecule has 0 saturated carbocycles. The maximum Gasteiger partial charge on any atom is 0.191 e. The van der Waals surface area contributed by atoms with Gasteiger partial charge in [0.2, 0.25) is 0 Å². The molecule has 0 saturated heterocycles. The largest absolute Gasteiger partial charge is 0.489 e. The Labute approximate surface area is 148 Å². The molecule has 0 bridgehead atoms. The lowest BCUT2D eigenvalue weighted by molar-refractivity contribution is 0.224. The van der Waals surface area contributed by atoms with E-state index in [0.717, 1.165) is 29.7 Å². The predicted octanol–water partition coefficient (Wildman–Crippen LogP) is 2.93. The van der Waals surface area contributed by atoms with Crippen LogP contribution in [0.3, 0.4) is 0 Å². The monoisotopic (exact) mass is 346 g/mol. The fourth-order valence-corrected chi connectivity index (χ4v) is 2.94. The molecule has 0 aliphatic carbocycles. The lowest BCUT2D eigenvalue weighted by atomic mass is 10.2. The summed E-state index contributed by atoms with van der Waals surface area (Å²) in [6.45, 7) is 7.67. The number of aliphatic imine (C=N–C) groups is 1. The van der Waals surface area contributed by atoms with Gasteiger partial charge < -0.3 is 15.4 Å². The summed E-state index contributed by atoms with van der Waals surface area (Å²) in [5.74, 6) is 1.67. The molecule has 1 aromatic carbocycles. The van der Waals surface area contributed by atoms with Gasteiger partial charge in [-0.25, -0.2) is 4.98 Å². The third-order valence-corrected chi connectivity index (χ3v) is 4.41. The van der Waals surface area contributed by atoms with Crippen LogP contribution in [0.25, 0.3) is 0 Å². The number of hydrogen-bond donors (Lipinski definition) is 2. The molecule has 0 amide bonds. The summed E-state index contributed by atoms with van der Waals surface area (Å²) in [6, 6.07) is 8.09. The SMILES string of the molecule is CN=C(NCCc1ncc(C)s1)NCC(C)Oc1ccc(C)cc1. The van der Waals surface area contributed by atoms with Crippen molar-refractivity contribution in [3.05, 3.63) is 45.9 Å². The van der Waals surface area contributed by atoms with Crippen molar-refractivity contribution >= 4 is 17.3 Å². The molecular formula is C18H26N4OS. The molecule has 1 atom stereocenters. The third-order valence-electron chi connectivity index (χ3n) is 3.44. The average Bonchev–Trinajstić information content (AvgIpc) is 2.98. The molecule has 5 nitrogen and oxygen atoms in total. The molecular weight excluding hydrogens is 320 g/mol. The molecule has 0 aliphatic heterocycles. The van der Waals surface area contributed by atoms with Gasteiger partial charge in [0.1, 0.15) is 11.9 Å². The van der Waals surface area contributed by atoms with Gasteiger partial charge in [-0.2, -0.15) is 0 Å². The average molecular weight is 347 g/mol. The number of aryl methyl sites for hydroxylation is 2. The smallest absolute Gasteiger partial charge is 0.191 e. The van der Waals surface area contributed by atoms with Crippen LogP contribution in [0.5, 0.6) is 5.75 Å². The van der Waals surface area contributed by atoms with Gasteiger partial charge in [0, 0.05) is 31.1 Å². The molecule has 0 radical (unpaired) electrons. The summed E-state index contributed by atoms with van der Waals surface area (Å²) in [5, 5.41) is 7.74. The Morgan fingerprint density at radius 2 is 2.00 bits per heavy atom. The van der Waals surface area contributed by atoms with Crippen molar-refractivity contribution in [2.24, 2.45) is 4.99 Å². The van der Waals surface area contributed by atoms with Gasteiger partial charge >= 0.3 is 0 Å². The van der Waals surface area contributed by atoms with E-state index in [1.807, 2.05) is 25.3 Å². The topological polar surface area (TPSA) is 58.5 Å². The number of hydrogen-bond acceptors (Lipinski definition) is 4. The summed E-state index contributed by atoms with van der Waals surface area (Å²) in [5.41, 5.74) is 1.23. The number of benzene rings is 1. The van der Waals surface area contributed by atoms with Crippen LogP contribution >= 0.6 is 11.3 Å². The van der Waals surface area contributed by atoms with E-state index in [2.05, 4.69) is 46.6 Å². The molecule has 1 unspecified atom stereocenters. The second-order valence-electron chi connectivity index (χ2n) is 5.74. The van der Waals surface area contributed by atoms with Crippen LogP contribution in [-0.2, 0) is 6.42 Å². The normalized spacial score (nSPS) is 12.8. The number of guanidine groups is 1. The van der Waals surface area contributed by atoms with Crippen LogP contribution in [0.1, 0.15) is 22.4 Å². The standard InChI is InChI=1S/C18H26N4OS/c1-13-5-7-16(8-6-13)23-14(2)11-22-18(19-4)20-10-9-17-21-12-15(3)24-17/h5-8,12,14H,9-11H2,1-4H3,(H2,19,20,22). The lowest BCUT2D eigenvalue weighted by Crippen LogP contribution is -2.42. The number of nitrogens with zero attached hydrogens (tertiary/aromatic N) is 2. The number of thiazole rings is 1. The zero-order chi connectivity index (χ0) is 17.4. The van der Waals surface area contributed by atoms with Crippen molar-refractivity contribution in [2.75, 3.05) is 20.1 Å². The molecule has 1 heterocycles. The maximum absolute atomic E-state index is 5.89. The number of ether oxygens (including phenoxy) is 1. The van der Waals surface area contributed by atoms with Gasteiger partial charge in [-0.05, 0) is 32.9 Å². The van der Waals surface area contributed by atoms with E-state index in [-0.39, 0.29) is 6.10 Å². The number of nitrogens with one attached hydrogen (secondary N) is 2. The summed E-state index contributed by atoms with van der Waals surface area (Å²) < 4.78 is 5.89.